The molecule has 150 valence electrons. The molecule has 2 aromatic carbocycles. The predicted octanol–water partition coefficient (Wildman–Crippen LogP) is 4.55. The van der Waals surface area contributed by atoms with E-state index in [2.05, 4.69) is 4.74 Å². The SMILES string of the molecule is O=C(c1cccc(F)c1)N1CCC[C@H](OCc2cccc(OC(F)(F)F)c2)C1. The lowest BCUT2D eigenvalue weighted by atomic mass is 10.1. The highest BCUT2D eigenvalue weighted by Gasteiger charge is 2.31. The first-order valence-corrected chi connectivity index (χ1v) is 8.81. The van der Waals surface area contributed by atoms with Crippen LogP contribution in [0, 0.1) is 5.82 Å². The van der Waals surface area contributed by atoms with Gasteiger partial charge in [0.25, 0.3) is 5.91 Å². The molecule has 28 heavy (non-hydrogen) atoms. The highest BCUT2D eigenvalue weighted by atomic mass is 19.4. The number of likely N-dealkylation sites (tertiary alicyclic amines) is 1. The normalized spacial score (nSPS) is 17.4. The van der Waals surface area contributed by atoms with Gasteiger partial charge in [-0.3, -0.25) is 4.79 Å². The van der Waals surface area contributed by atoms with Gasteiger partial charge in [-0.25, -0.2) is 4.39 Å². The van der Waals surface area contributed by atoms with Gasteiger partial charge in [-0.2, -0.15) is 0 Å². The lowest BCUT2D eigenvalue weighted by Gasteiger charge is -2.32. The summed E-state index contributed by atoms with van der Waals surface area (Å²) in [7, 11) is 0. The molecule has 1 heterocycles. The third-order valence-corrected chi connectivity index (χ3v) is 4.35. The second-order valence-corrected chi connectivity index (χ2v) is 6.53. The molecule has 1 aliphatic heterocycles. The second kappa shape index (κ2) is 8.60. The van der Waals surface area contributed by atoms with Crippen molar-refractivity contribution in [3.05, 3.63) is 65.5 Å². The van der Waals surface area contributed by atoms with Gasteiger partial charge in [0, 0.05) is 18.7 Å². The van der Waals surface area contributed by atoms with Crippen molar-refractivity contribution in [3.8, 4) is 5.75 Å². The zero-order valence-corrected chi connectivity index (χ0v) is 14.9. The van der Waals surface area contributed by atoms with Gasteiger partial charge in [-0.1, -0.05) is 18.2 Å². The van der Waals surface area contributed by atoms with E-state index in [-0.39, 0.29) is 29.9 Å². The van der Waals surface area contributed by atoms with Gasteiger partial charge in [-0.15, -0.1) is 13.2 Å². The third-order valence-electron chi connectivity index (χ3n) is 4.35. The summed E-state index contributed by atoms with van der Waals surface area (Å²) in [6, 6.07) is 11.1. The van der Waals surface area contributed by atoms with Crippen molar-refractivity contribution in [1.82, 2.24) is 4.90 Å². The number of rotatable bonds is 5. The number of hydrogen-bond acceptors (Lipinski definition) is 3. The van der Waals surface area contributed by atoms with Gasteiger partial charge in [0.1, 0.15) is 11.6 Å². The van der Waals surface area contributed by atoms with Gasteiger partial charge in [0.2, 0.25) is 0 Å². The largest absolute Gasteiger partial charge is 0.573 e. The lowest BCUT2D eigenvalue weighted by Crippen LogP contribution is -2.43. The smallest absolute Gasteiger partial charge is 0.406 e. The average Bonchev–Trinajstić information content (AvgIpc) is 2.65. The molecule has 0 bridgehead atoms. The van der Waals surface area contributed by atoms with Crippen LogP contribution in [0.2, 0.25) is 0 Å². The molecule has 0 saturated carbocycles. The van der Waals surface area contributed by atoms with E-state index in [0.29, 0.717) is 18.7 Å². The van der Waals surface area contributed by atoms with E-state index in [4.69, 9.17) is 4.74 Å². The van der Waals surface area contributed by atoms with Gasteiger partial charge < -0.3 is 14.4 Å². The van der Waals surface area contributed by atoms with Gasteiger partial charge in [0.15, 0.2) is 0 Å². The van der Waals surface area contributed by atoms with E-state index in [0.717, 1.165) is 12.8 Å². The van der Waals surface area contributed by atoms with Crippen molar-refractivity contribution in [1.29, 1.82) is 0 Å². The number of benzene rings is 2. The Kier molecular flexibility index (Phi) is 6.18. The molecule has 8 heteroatoms. The Labute approximate surface area is 159 Å². The molecule has 1 atom stereocenters. The van der Waals surface area contributed by atoms with Crippen molar-refractivity contribution < 1.29 is 31.8 Å². The first-order valence-electron chi connectivity index (χ1n) is 8.81. The third kappa shape index (κ3) is 5.69. The highest BCUT2D eigenvalue weighted by molar-refractivity contribution is 5.94. The first-order chi connectivity index (χ1) is 13.3. The Hall–Kier alpha value is -2.61. The molecule has 3 rings (SSSR count). The Balaban J connectivity index is 1.57. The first kappa shape index (κ1) is 20.1. The fraction of sp³-hybridized carbons (Fsp3) is 0.350. The van der Waals surface area contributed by atoms with Crippen molar-refractivity contribution in [2.45, 2.75) is 31.9 Å². The number of piperidine rings is 1. The zero-order chi connectivity index (χ0) is 20.1. The number of amides is 1. The van der Waals surface area contributed by atoms with E-state index in [1.165, 1.54) is 36.4 Å². The summed E-state index contributed by atoms with van der Waals surface area (Å²) in [5, 5.41) is 0. The second-order valence-electron chi connectivity index (χ2n) is 6.53. The number of halogens is 4. The van der Waals surface area contributed by atoms with E-state index in [1.54, 1.807) is 17.0 Å². The van der Waals surface area contributed by atoms with E-state index >= 15 is 0 Å². The van der Waals surface area contributed by atoms with E-state index < -0.39 is 12.2 Å². The average molecular weight is 397 g/mol. The number of carbonyl (C=O) groups is 1. The summed E-state index contributed by atoms with van der Waals surface area (Å²) in [4.78, 5) is 14.1. The summed E-state index contributed by atoms with van der Waals surface area (Å²) in [6.45, 7) is 0.986. The minimum atomic E-state index is -4.75. The molecule has 2 aromatic rings. The summed E-state index contributed by atoms with van der Waals surface area (Å²) < 4.78 is 60.0. The number of alkyl halides is 3. The summed E-state index contributed by atoms with van der Waals surface area (Å²) in [6.07, 6.45) is -3.55. The van der Waals surface area contributed by atoms with Crippen LogP contribution in [-0.4, -0.2) is 36.4 Å². The minimum Gasteiger partial charge on any atom is -0.406 e. The van der Waals surface area contributed by atoms with Crippen LogP contribution in [0.25, 0.3) is 0 Å². The monoisotopic (exact) mass is 397 g/mol. The maximum Gasteiger partial charge on any atom is 0.573 e. The number of ether oxygens (including phenoxy) is 2. The van der Waals surface area contributed by atoms with Crippen LogP contribution < -0.4 is 4.74 Å². The van der Waals surface area contributed by atoms with Crippen molar-refractivity contribution in [3.63, 3.8) is 0 Å². The van der Waals surface area contributed by atoms with Crippen LogP contribution in [0.5, 0.6) is 5.75 Å². The lowest BCUT2D eigenvalue weighted by molar-refractivity contribution is -0.274. The molecule has 0 aromatic heterocycles. The minimum absolute atomic E-state index is 0.0989. The van der Waals surface area contributed by atoms with Crippen molar-refractivity contribution >= 4 is 5.91 Å². The molecule has 1 fully saturated rings. The quantitative estimate of drug-likeness (QED) is 0.695. The molecule has 1 amide bonds. The molecule has 1 aliphatic rings. The van der Waals surface area contributed by atoms with Crippen LogP contribution in [0.15, 0.2) is 48.5 Å². The standard InChI is InChI=1S/C20H19F4NO3/c21-16-6-2-5-15(11-16)19(26)25-9-3-8-18(12-25)27-13-14-4-1-7-17(10-14)28-20(22,23)24/h1-2,4-7,10-11,18H,3,8-9,12-13H2/t18-/m0/s1. The van der Waals surface area contributed by atoms with Gasteiger partial charge in [0.05, 0.1) is 12.7 Å². The molecule has 0 aliphatic carbocycles. The number of nitrogens with zero attached hydrogens (tertiary/aromatic N) is 1. The molecule has 0 radical (unpaired) electrons. The Morgan fingerprint density at radius 2 is 1.93 bits per heavy atom. The molecule has 1 saturated heterocycles. The number of hydrogen-bond donors (Lipinski definition) is 0. The molecule has 0 N–H and O–H groups in total. The van der Waals surface area contributed by atoms with Crippen LogP contribution in [0.4, 0.5) is 17.6 Å². The maximum atomic E-state index is 13.3. The summed E-state index contributed by atoms with van der Waals surface area (Å²) >= 11 is 0. The van der Waals surface area contributed by atoms with Crippen molar-refractivity contribution in [2.24, 2.45) is 0 Å². The van der Waals surface area contributed by atoms with Crippen LogP contribution in [0.1, 0.15) is 28.8 Å². The van der Waals surface area contributed by atoms with E-state index in [9.17, 15) is 22.4 Å². The highest BCUT2D eigenvalue weighted by Crippen LogP contribution is 2.24. The molecule has 0 spiro atoms. The fourth-order valence-corrected chi connectivity index (χ4v) is 3.11. The van der Waals surface area contributed by atoms with Gasteiger partial charge >= 0.3 is 6.36 Å². The fourth-order valence-electron chi connectivity index (χ4n) is 3.11. The number of carbonyl (C=O) groups excluding carboxylic acids is 1. The summed E-state index contributed by atoms with van der Waals surface area (Å²) in [5.41, 5.74) is 0.813. The van der Waals surface area contributed by atoms with Crippen LogP contribution in [-0.2, 0) is 11.3 Å². The molecular weight excluding hydrogens is 378 g/mol. The van der Waals surface area contributed by atoms with E-state index in [1.807, 2.05) is 0 Å². The Morgan fingerprint density at radius 3 is 2.68 bits per heavy atom. The predicted molar refractivity (Wildman–Crippen MR) is 93.2 cm³/mol. The zero-order valence-electron chi connectivity index (χ0n) is 14.9. The van der Waals surface area contributed by atoms with Crippen LogP contribution in [0.3, 0.4) is 0 Å². The molecule has 4 nitrogen and oxygen atoms in total. The van der Waals surface area contributed by atoms with Crippen LogP contribution >= 0.6 is 0 Å². The maximum absolute atomic E-state index is 13.3. The summed E-state index contributed by atoms with van der Waals surface area (Å²) in [5.74, 6) is -1.05. The molecule has 0 unspecified atom stereocenters. The Morgan fingerprint density at radius 1 is 1.14 bits per heavy atom. The van der Waals surface area contributed by atoms with Crippen molar-refractivity contribution in [2.75, 3.05) is 13.1 Å². The molecular formula is C20H19F4NO3. The topological polar surface area (TPSA) is 38.8 Å². The Bertz CT molecular complexity index is 825. The van der Waals surface area contributed by atoms with Gasteiger partial charge in [-0.05, 0) is 48.7 Å².